The van der Waals surface area contributed by atoms with Gasteiger partial charge in [0.15, 0.2) is 12.1 Å². The molecular formula is C20H21NO4. The van der Waals surface area contributed by atoms with Gasteiger partial charge in [0.2, 0.25) is 0 Å². The highest BCUT2D eigenvalue weighted by molar-refractivity contribution is 6.04. The van der Waals surface area contributed by atoms with Gasteiger partial charge >= 0.3 is 0 Å². The largest absolute Gasteiger partial charge is 0.497 e. The van der Waals surface area contributed by atoms with E-state index < -0.39 is 5.72 Å². The number of methoxy groups -OCH3 is 1. The maximum atomic E-state index is 12.3. The summed E-state index contributed by atoms with van der Waals surface area (Å²) < 4.78 is 11.0. The van der Waals surface area contributed by atoms with Crippen LogP contribution in [-0.2, 0) is 20.7 Å². The van der Waals surface area contributed by atoms with Gasteiger partial charge in [-0.1, -0.05) is 36.4 Å². The van der Waals surface area contributed by atoms with Crippen LogP contribution in [0.25, 0.3) is 0 Å². The molecule has 5 nitrogen and oxygen atoms in total. The lowest BCUT2D eigenvalue weighted by molar-refractivity contribution is -0.143. The molecule has 0 aromatic heterocycles. The lowest BCUT2D eigenvalue weighted by atomic mass is 10.0. The Morgan fingerprint density at radius 1 is 1.28 bits per heavy atom. The number of ketones is 1. The van der Waals surface area contributed by atoms with Gasteiger partial charge in [-0.05, 0) is 31.0 Å². The third-order valence-electron chi connectivity index (χ3n) is 4.53. The van der Waals surface area contributed by atoms with Crippen molar-refractivity contribution < 1.29 is 19.1 Å². The van der Waals surface area contributed by atoms with Gasteiger partial charge in [-0.3, -0.25) is 9.59 Å². The summed E-state index contributed by atoms with van der Waals surface area (Å²) in [7, 11) is 1.58. The first kappa shape index (κ1) is 17.2. The summed E-state index contributed by atoms with van der Waals surface area (Å²) in [6, 6.07) is 17.1. The Kier molecular flexibility index (Phi) is 4.86. The van der Waals surface area contributed by atoms with Gasteiger partial charge in [0.25, 0.3) is 5.72 Å². The van der Waals surface area contributed by atoms with Crippen LogP contribution in [0.5, 0.6) is 5.75 Å². The molecule has 2 aromatic rings. The minimum absolute atomic E-state index is 0.136. The van der Waals surface area contributed by atoms with E-state index >= 15 is 0 Å². The molecule has 0 aliphatic carbocycles. The number of hydrogen-bond donors (Lipinski definition) is 0. The molecule has 2 unspecified atom stereocenters. The zero-order valence-electron chi connectivity index (χ0n) is 14.3. The van der Waals surface area contributed by atoms with Crippen LogP contribution in [0.4, 0.5) is 5.69 Å². The van der Waals surface area contributed by atoms with Crippen LogP contribution in [0.3, 0.4) is 0 Å². The predicted octanol–water partition coefficient (Wildman–Crippen LogP) is 2.63. The van der Waals surface area contributed by atoms with Crippen LogP contribution in [-0.4, -0.2) is 37.6 Å². The molecule has 1 aliphatic rings. The van der Waals surface area contributed by atoms with Crippen LogP contribution < -0.4 is 9.64 Å². The van der Waals surface area contributed by atoms with Crippen molar-refractivity contribution in [2.45, 2.75) is 25.1 Å². The molecule has 5 heteroatoms. The van der Waals surface area contributed by atoms with Crippen LogP contribution in [0.15, 0.2) is 54.6 Å². The molecule has 0 N–H and O–H groups in total. The fraction of sp³-hybridized carbons (Fsp3) is 0.300. The number of aldehydes is 1. The fourth-order valence-corrected chi connectivity index (χ4v) is 3.28. The average molecular weight is 339 g/mol. The number of hydrogen-bond acceptors (Lipinski definition) is 5. The first-order valence-corrected chi connectivity index (χ1v) is 8.19. The average Bonchev–Trinajstić information content (AvgIpc) is 3.02. The van der Waals surface area contributed by atoms with E-state index in [2.05, 4.69) is 0 Å². The number of anilines is 1. The fourth-order valence-electron chi connectivity index (χ4n) is 3.28. The molecule has 1 saturated heterocycles. The molecule has 25 heavy (non-hydrogen) atoms. The minimum atomic E-state index is -1.59. The molecule has 2 atom stereocenters. The Hall–Kier alpha value is -2.66. The highest BCUT2D eigenvalue weighted by Crippen LogP contribution is 2.36. The summed E-state index contributed by atoms with van der Waals surface area (Å²) in [6.07, 6.45) is 1.26. The minimum Gasteiger partial charge on any atom is -0.497 e. The summed E-state index contributed by atoms with van der Waals surface area (Å²) in [6.45, 7) is 1.68. The van der Waals surface area contributed by atoms with Gasteiger partial charge < -0.3 is 14.4 Å². The van der Waals surface area contributed by atoms with Crippen molar-refractivity contribution in [1.82, 2.24) is 0 Å². The molecule has 2 aromatic carbocycles. The third-order valence-corrected chi connectivity index (χ3v) is 4.53. The molecule has 0 bridgehead atoms. The smallest absolute Gasteiger partial charge is 0.258 e. The molecule has 0 radical (unpaired) electrons. The Morgan fingerprint density at radius 3 is 2.68 bits per heavy atom. The van der Waals surface area contributed by atoms with E-state index in [0.29, 0.717) is 25.1 Å². The van der Waals surface area contributed by atoms with Crippen LogP contribution >= 0.6 is 0 Å². The highest BCUT2D eigenvalue weighted by atomic mass is 16.5. The van der Waals surface area contributed by atoms with E-state index in [0.717, 1.165) is 11.3 Å². The van der Waals surface area contributed by atoms with E-state index in [-0.39, 0.29) is 11.8 Å². The van der Waals surface area contributed by atoms with E-state index in [4.69, 9.17) is 9.47 Å². The van der Waals surface area contributed by atoms with Crippen molar-refractivity contribution in [2.75, 3.05) is 18.6 Å². The maximum absolute atomic E-state index is 12.3. The summed E-state index contributed by atoms with van der Waals surface area (Å²) in [5, 5.41) is 0. The van der Waals surface area contributed by atoms with Crippen molar-refractivity contribution >= 4 is 17.8 Å². The monoisotopic (exact) mass is 339 g/mol. The van der Waals surface area contributed by atoms with Crippen LogP contribution in [0, 0.1) is 0 Å². The Bertz CT molecular complexity index is 761. The molecule has 0 spiro atoms. The molecule has 130 valence electrons. The van der Waals surface area contributed by atoms with Crippen molar-refractivity contribution in [3.8, 4) is 5.75 Å². The van der Waals surface area contributed by atoms with Crippen molar-refractivity contribution in [2.24, 2.45) is 0 Å². The topological polar surface area (TPSA) is 55.8 Å². The van der Waals surface area contributed by atoms with Gasteiger partial charge in [-0.2, -0.15) is 0 Å². The second-order valence-electron chi connectivity index (χ2n) is 6.10. The second kappa shape index (κ2) is 7.07. The van der Waals surface area contributed by atoms with Gasteiger partial charge in [0.05, 0.1) is 19.8 Å². The summed E-state index contributed by atoms with van der Waals surface area (Å²) in [5.41, 5.74) is 0.251. The molecule has 1 aliphatic heterocycles. The second-order valence-corrected chi connectivity index (χ2v) is 6.10. The van der Waals surface area contributed by atoms with E-state index in [1.54, 1.807) is 12.0 Å². The summed E-state index contributed by atoms with van der Waals surface area (Å²) in [4.78, 5) is 26.0. The SMILES string of the molecule is COc1cccc(N2C(Cc3ccccc3)COC2(C=O)C(C)=O)c1. The number of carbonyl (C=O) groups excluding carboxylic acids is 2. The normalized spacial score (nSPS) is 22.6. The first-order valence-electron chi connectivity index (χ1n) is 8.19. The quantitative estimate of drug-likeness (QED) is 0.598. The number of nitrogens with zero attached hydrogens (tertiary/aromatic N) is 1. The molecule has 0 amide bonds. The Morgan fingerprint density at radius 2 is 2.04 bits per heavy atom. The Balaban J connectivity index is 2.03. The van der Waals surface area contributed by atoms with Crippen LogP contribution in [0.1, 0.15) is 12.5 Å². The molecule has 3 rings (SSSR count). The lowest BCUT2D eigenvalue weighted by Crippen LogP contribution is -2.55. The first-order chi connectivity index (χ1) is 12.1. The summed E-state index contributed by atoms with van der Waals surface area (Å²) in [5.74, 6) is 0.326. The zero-order chi connectivity index (χ0) is 17.9. The number of rotatable bonds is 6. The summed E-state index contributed by atoms with van der Waals surface area (Å²) >= 11 is 0. The lowest BCUT2D eigenvalue weighted by Gasteiger charge is -2.35. The highest BCUT2D eigenvalue weighted by Gasteiger charge is 2.51. The Labute approximate surface area is 147 Å². The van der Waals surface area contributed by atoms with Gasteiger partial charge in [0, 0.05) is 11.8 Å². The standard InChI is InChI=1S/C20H21NO4/c1-15(23)20(14-22)21(17-9-6-10-19(12-17)24-2)18(13-25-20)11-16-7-4-3-5-8-16/h3-10,12,14,18H,11,13H2,1-2H3. The van der Waals surface area contributed by atoms with Crippen molar-refractivity contribution in [1.29, 1.82) is 0 Å². The van der Waals surface area contributed by atoms with Crippen molar-refractivity contribution in [3.63, 3.8) is 0 Å². The van der Waals surface area contributed by atoms with Gasteiger partial charge in [-0.15, -0.1) is 0 Å². The molecule has 1 fully saturated rings. The maximum Gasteiger partial charge on any atom is 0.258 e. The number of Topliss-reactive ketones (excluding diaryl/α,β-unsaturated/α-hetero) is 1. The van der Waals surface area contributed by atoms with Crippen molar-refractivity contribution in [3.05, 3.63) is 60.2 Å². The third kappa shape index (κ3) is 3.15. The zero-order valence-corrected chi connectivity index (χ0v) is 14.3. The number of ether oxygens (including phenoxy) is 2. The molecule has 0 saturated carbocycles. The van der Waals surface area contributed by atoms with Gasteiger partial charge in [0.1, 0.15) is 5.75 Å². The predicted molar refractivity (Wildman–Crippen MR) is 94.8 cm³/mol. The van der Waals surface area contributed by atoms with E-state index in [1.165, 1.54) is 6.92 Å². The molecule has 1 heterocycles. The number of benzene rings is 2. The van der Waals surface area contributed by atoms with Crippen LogP contribution in [0.2, 0.25) is 0 Å². The molecular weight excluding hydrogens is 318 g/mol. The van der Waals surface area contributed by atoms with E-state index in [1.807, 2.05) is 54.6 Å². The number of carbonyl (C=O) groups is 2. The van der Waals surface area contributed by atoms with E-state index in [9.17, 15) is 9.59 Å². The van der Waals surface area contributed by atoms with Gasteiger partial charge in [-0.25, -0.2) is 0 Å².